The Morgan fingerprint density at radius 1 is 1.07 bits per heavy atom. The van der Waals surface area contributed by atoms with Gasteiger partial charge in [-0.2, -0.15) is 0 Å². The lowest BCUT2D eigenvalue weighted by molar-refractivity contribution is 0.138. The van der Waals surface area contributed by atoms with Gasteiger partial charge in [0.1, 0.15) is 0 Å². The van der Waals surface area contributed by atoms with Gasteiger partial charge in [0.15, 0.2) is 5.69 Å². The first-order valence-corrected chi connectivity index (χ1v) is 9.96. The van der Waals surface area contributed by atoms with Crippen LogP contribution in [-0.4, -0.2) is 27.9 Å². The van der Waals surface area contributed by atoms with Crippen LogP contribution >= 0.6 is 11.3 Å². The van der Waals surface area contributed by atoms with E-state index in [0.717, 1.165) is 22.2 Å². The summed E-state index contributed by atoms with van der Waals surface area (Å²) in [6.07, 6.45) is 0. The predicted octanol–water partition coefficient (Wildman–Crippen LogP) is 5.92. The van der Waals surface area contributed by atoms with E-state index in [-0.39, 0.29) is 5.88 Å². The van der Waals surface area contributed by atoms with Crippen molar-refractivity contribution in [1.29, 1.82) is 0 Å². The number of benzene rings is 2. The number of thiazole rings is 1. The molecule has 2 aromatic carbocycles. The van der Waals surface area contributed by atoms with Crippen molar-refractivity contribution in [2.75, 3.05) is 13.2 Å². The highest BCUT2D eigenvalue weighted by Crippen LogP contribution is 2.39. The lowest BCUT2D eigenvalue weighted by Gasteiger charge is -2.06. The number of hydrogen-bond acceptors (Lipinski definition) is 6. The maximum absolute atomic E-state index is 10.7. The maximum atomic E-state index is 10.7. The zero-order valence-corrected chi connectivity index (χ0v) is 16.3. The summed E-state index contributed by atoms with van der Waals surface area (Å²) in [4.78, 5) is 4.52. The van der Waals surface area contributed by atoms with Crippen molar-refractivity contribution in [3.63, 3.8) is 0 Å². The van der Waals surface area contributed by atoms with Gasteiger partial charge in [0.25, 0.3) is 0 Å². The van der Waals surface area contributed by atoms with E-state index in [9.17, 15) is 5.11 Å². The van der Waals surface area contributed by atoms with Crippen molar-refractivity contribution < 1.29 is 9.84 Å². The molecule has 28 heavy (non-hydrogen) atoms. The van der Waals surface area contributed by atoms with Crippen molar-refractivity contribution >= 4 is 33.1 Å². The molecule has 0 aliphatic heterocycles. The van der Waals surface area contributed by atoms with Gasteiger partial charge in [0.2, 0.25) is 11.0 Å². The summed E-state index contributed by atoms with van der Waals surface area (Å²) < 4.78 is 7.23. The molecule has 6 nitrogen and oxygen atoms in total. The highest BCUT2D eigenvalue weighted by Gasteiger charge is 2.16. The van der Waals surface area contributed by atoms with Crippen molar-refractivity contribution in [2.24, 2.45) is 10.2 Å². The average Bonchev–Trinajstić information content (AvgIpc) is 3.31. The number of rotatable bonds is 7. The van der Waals surface area contributed by atoms with Gasteiger partial charge in [-0.15, -0.1) is 21.6 Å². The summed E-state index contributed by atoms with van der Waals surface area (Å²) in [7, 11) is 0. The van der Waals surface area contributed by atoms with Crippen molar-refractivity contribution in [2.45, 2.75) is 13.5 Å². The van der Waals surface area contributed by atoms with E-state index in [0.29, 0.717) is 30.6 Å². The zero-order valence-electron chi connectivity index (χ0n) is 15.4. The summed E-state index contributed by atoms with van der Waals surface area (Å²) in [5.74, 6) is 0.0875. The van der Waals surface area contributed by atoms with Crippen LogP contribution in [0.5, 0.6) is 5.88 Å². The van der Waals surface area contributed by atoms with Gasteiger partial charge >= 0.3 is 0 Å². The van der Waals surface area contributed by atoms with Gasteiger partial charge in [-0.1, -0.05) is 48.5 Å². The molecule has 0 amide bonds. The van der Waals surface area contributed by atoms with E-state index in [1.807, 2.05) is 66.9 Å². The van der Waals surface area contributed by atoms with Gasteiger partial charge in [-0.25, -0.2) is 4.98 Å². The SMILES string of the molecule is CCOCCn1c(O)c(N=Nc2nc(-c3ccccc3)cs2)c2ccccc21. The first kappa shape index (κ1) is 18.3. The molecule has 0 spiro atoms. The fourth-order valence-corrected chi connectivity index (χ4v) is 3.69. The van der Waals surface area contributed by atoms with E-state index in [2.05, 4.69) is 15.2 Å². The molecule has 142 valence electrons. The lowest BCUT2D eigenvalue weighted by Crippen LogP contribution is -2.05. The lowest BCUT2D eigenvalue weighted by atomic mass is 10.2. The molecule has 7 heteroatoms. The second-order valence-corrected chi connectivity index (χ2v) is 6.96. The Labute approximate surface area is 166 Å². The van der Waals surface area contributed by atoms with Crippen LogP contribution in [0.15, 0.2) is 70.2 Å². The van der Waals surface area contributed by atoms with Crippen LogP contribution in [0.25, 0.3) is 22.2 Å². The van der Waals surface area contributed by atoms with Crippen LogP contribution in [0.4, 0.5) is 10.8 Å². The third kappa shape index (κ3) is 3.67. The van der Waals surface area contributed by atoms with Crippen molar-refractivity contribution in [3.05, 3.63) is 60.0 Å². The summed E-state index contributed by atoms with van der Waals surface area (Å²) in [6, 6.07) is 17.7. The fourth-order valence-electron chi connectivity index (χ4n) is 3.04. The Morgan fingerprint density at radius 3 is 2.68 bits per heavy atom. The van der Waals surface area contributed by atoms with Gasteiger partial charge in [0, 0.05) is 29.5 Å². The predicted molar refractivity (Wildman–Crippen MR) is 112 cm³/mol. The monoisotopic (exact) mass is 392 g/mol. The second kappa shape index (κ2) is 8.33. The number of nitrogens with zero attached hydrogens (tertiary/aromatic N) is 4. The standard InChI is InChI=1S/C21H20N4O2S/c1-2-27-13-12-25-18-11-7-6-10-16(18)19(20(25)26)23-24-21-22-17(14-28-21)15-8-4-3-5-9-15/h3-11,14,26H,2,12-13H2,1H3. The molecule has 1 N–H and O–H groups in total. The molecule has 0 aliphatic rings. The Morgan fingerprint density at radius 2 is 1.86 bits per heavy atom. The van der Waals surface area contributed by atoms with Crippen LogP contribution in [-0.2, 0) is 11.3 Å². The Bertz CT molecular complexity index is 1100. The summed E-state index contributed by atoms with van der Waals surface area (Å²) in [5, 5.41) is 22.6. The zero-order chi connectivity index (χ0) is 19.3. The molecule has 4 aromatic rings. The summed E-state index contributed by atoms with van der Waals surface area (Å²) in [6.45, 7) is 3.66. The van der Waals surface area contributed by atoms with Gasteiger partial charge in [0.05, 0.1) is 17.8 Å². The van der Waals surface area contributed by atoms with Crippen LogP contribution in [0.1, 0.15) is 6.92 Å². The molecule has 0 atom stereocenters. The Kier molecular flexibility index (Phi) is 5.45. The first-order valence-electron chi connectivity index (χ1n) is 9.08. The van der Waals surface area contributed by atoms with Crippen LogP contribution in [0.3, 0.4) is 0 Å². The minimum atomic E-state index is 0.0875. The second-order valence-electron chi connectivity index (χ2n) is 6.12. The number of para-hydroxylation sites is 1. The van der Waals surface area contributed by atoms with E-state index in [4.69, 9.17) is 4.74 Å². The molecule has 0 aliphatic carbocycles. The molecule has 2 heterocycles. The van der Waals surface area contributed by atoms with E-state index < -0.39 is 0 Å². The van der Waals surface area contributed by atoms with E-state index in [1.165, 1.54) is 11.3 Å². The largest absolute Gasteiger partial charge is 0.493 e. The van der Waals surface area contributed by atoms with Crippen molar-refractivity contribution in [3.8, 4) is 17.1 Å². The van der Waals surface area contributed by atoms with Crippen LogP contribution in [0, 0.1) is 0 Å². The first-order chi connectivity index (χ1) is 13.8. The minimum Gasteiger partial charge on any atom is -0.493 e. The maximum Gasteiger partial charge on any atom is 0.230 e. The van der Waals surface area contributed by atoms with Gasteiger partial charge < -0.3 is 14.4 Å². The third-order valence-corrected chi connectivity index (χ3v) is 5.10. The van der Waals surface area contributed by atoms with E-state index >= 15 is 0 Å². The number of aromatic nitrogens is 2. The molecule has 4 rings (SSSR count). The quantitative estimate of drug-likeness (QED) is 0.313. The van der Waals surface area contributed by atoms with E-state index in [1.54, 1.807) is 4.57 Å². The normalized spacial score (nSPS) is 11.6. The molecule has 0 saturated heterocycles. The fraction of sp³-hybridized carbons (Fsp3) is 0.190. The molecule has 2 aromatic heterocycles. The highest BCUT2D eigenvalue weighted by molar-refractivity contribution is 7.13. The molecule has 0 fully saturated rings. The average molecular weight is 392 g/mol. The topological polar surface area (TPSA) is 72.0 Å². The summed E-state index contributed by atoms with van der Waals surface area (Å²) >= 11 is 1.42. The number of azo groups is 1. The summed E-state index contributed by atoms with van der Waals surface area (Å²) in [5.41, 5.74) is 3.25. The number of hydrogen-bond donors (Lipinski definition) is 1. The van der Waals surface area contributed by atoms with Crippen molar-refractivity contribution in [1.82, 2.24) is 9.55 Å². The molecule has 0 saturated carbocycles. The third-order valence-electron chi connectivity index (χ3n) is 4.38. The number of ether oxygens (including phenoxy) is 1. The molecule has 0 radical (unpaired) electrons. The van der Waals surface area contributed by atoms with Gasteiger partial charge in [-0.3, -0.25) is 0 Å². The highest BCUT2D eigenvalue weighted by atomic mass is 32.1. The number of aromatic hydroxyl groups is 1. The molecule has 0 unspecified atom stereocenters. The van der Waals surface area contributed by atoms with Gasteiger partial charge in [-0.05, 0) is 13.0 Å². The minimum absolute atomic E-state index is 0.0875. The van der Waals surface area contributed by atoms with Crippen LogP contribution in [0.2, 0.25) is 0 Å². The molecular formula is C21H20N4O2S. The smallest absolute Gasteiger partial charge is 0.230 e. The number of fused-ring (bicyclic) bond motifs is 1. The Hall–Kier alpha value is -3.03. The molecular weight excluding hydrogens is 372 g/mol. The molecule has 0 bridgehead atoms. The van der Waals surface area contributed by atoms with Crippen LogP contribution < -0.4 is 0 Å². The Balaban J connectivity index is 1.64.